The summed E-state index contributed by atoms with van der Waals surface area (Å²) in [6, 6.07) is 2.11. The lowest BCUT2D eigenvalue weighted by Crippen LogP contribution is -2.31. The van der Waals surface area contributed by atoms with E-state index < -0.39 is 0 Å². The molecule has 1 unspecified atom stereocenters. The monoisotopic (exact) mass is 266 g/mol. The van der Waals surface area contributed by atoms with Crippen molar-refractivity contribution in [2.24, 2.45) is 5.92 Å². The van der Waals surface area contributed by atoms with Crippen molar-refractivity contribution in [2.45, 2.75) is 19.3 Å². The van der Waals surface area contributed by atoms with Gasteiger partial charge in [-0.05, 0) is 31.4 Å². The summed E-state index contributed by atoms with van der Waals surface area (Å²) in [6.07, 6.45) is 7.53. The molecule has 0 radical (unpaired) electrons. The van der Waals surface area contributed by atoms with Crippen LogP contribution in [-0.2, 0) is 6.42 Å². The van der Waals surface area contributed by atoms with Gasteiger partial charge in [-0.2, -0.15) is 0 Å². The number of piperidine rings is 1. The number of aromatic nitrogens is 2. The zero-order chi connectivity index (χ0) is 13.0. The summed E-state index contributed by atoms with van der Waals surface area (Å²) in [6.45, 7) is 2.41. The molecule has 2 heterocycles. The molecule has 0 N–H and O–H groups in total. The highest BCUT2D eigenvalue weighted by molar-refractivity contribution is 7.96. The zero-order valence-electron chi connectivity index (χ0n) is 11.5. The van der Waals surface area contributed by atoms with Gasteiger partial charge in [0.2, 0.25) is 0 Å². The first-order chi connectivity index (χ1) is 8.69. The summed E-state index contributed by atoms with van der Waals surface area (Å²) >= 11 is 1.86. The SMILES string of the molecule is CSN1CCCC(Cc2cc(N(C)C)ncn2)C1. The van der Waals surface area contributed by atoms with Gasteiger partial charge in [0.15, 0.2) is 0 Å². The molecule has 2 rings (SSSR count). The molecule has 1 aliphatic rings. The molecule has 0 aliphatic carbocycles. The largest absolute Gasteiger partial charge is 0.363 e. The van der Waals surface area contributed by atoms with Crippen molar-refractivity contribution >= 4 is 17.8 Å². The Balaban J connectivity index is 1.98. The van der Waals surface area contributed by atoms with Gasteiger partial charge in [0.25, 0.3) is 0 Å². The third kappa shape index (κ3) is 3.59. The first-order valence-electron chi connectivity index (χ1n) is 6.46. The molecule has 1 atom stereocenters. The smallest absolute Gasteiger partial charge is 0.131 e. The molecule has 1 saturated heterocycles. The van der Waals surface area contributed by atoms with Crippen LogP contribution in [0.2, 0.25) is 0 Å². The van der Waals surface area contributed by atoms with Gasteiger partial charge >= 0.3 is 0 Å². The molecule has 0 aromatic carbocycles. The predicted octanol–water partition coefficient (Wildman–Crippen LogP) is 2.08. The van der Waals surface area contributed by atoms with Crippen molar-refractivity contribution < 1.29 is 0 Å². The highest BCUT2D eigenvalue weighted by Crippen LogP contribution is 2.24. The second-order valence-corrected chi connectivity index (χ2v) is 5.93. The number of anilines is 1. The van der Waals surface area contributed by atoms with E-state index in [9.17, 15) is 0 Å². The Hall–Kier alpha value is -0.810. The Labute approximate surface area is 114 Å². The highest BCUT2D eigenvalue weighted by Gasteiger charge is 2.20. The lowest BCUT2D eigenvalue weighted by atomic mass is 9.94. The molecule has 1 aromatic heterocycles. The average Bonchev–Trinajstić information content (AvgIpc) is 2.39. The quantitative estimate of drug-likeness (QED) is 0.779. The fourth-order valence-corrected chi connectivity index (χ4v) is 3.07. The van der Waals surface area contributed by atoms with Crippen LogP contribution < -0.4 is 4.90 Å². The molecule has 0 saturated carbocycles. The van der Waals surface area contributed by atoms with E-state index in [1.807, 2.05) is 30.9 Å². The van der Waals surface area contributed by atoms with Gasteiger partial charge in [-0.3, -0.25) is 4.31 Å². The van der Waals surface area contributed by atoms with Gasteiger partial charge in [-0.1, -0.05) is 11.9 Å². The van der Waals surface area contributed by atoms with E-state index in [0.717, 1.165) is 18.2 Å². The minimum atomic E-state index is 0.733. The number of rotatable bonds is 4. The maximum absolute atomic E-state index is 4.40. The second-order valence-electron chi connectivity index (χ2n) is 5.04. The third-order valence-electron chi connectivity index (χ3n) is 3.41. The summed E-state index contributed by atoms with van der Waals surface area (Å²) < 4.78 is 2.46. The van der Waals surface area contributed by atoms with Crippen molar-refractivity contribution in [3.63, 3.8) is 0 Å². The lowest BCUT2D eigenvalue weighted by Gasteiger charge is -2.30. The van der Waals surface area contributed by atoms with E-state index >= 15 is 0 Å². The van der Waals surface area contributed by atoms with Crippen molar-refractivity contribution in [1.82, 2.24) is 14.3 Å². The minimum absolute atomic E-state index is 0.733. The minimum Gasteiger partial charge on any atom is -0.363 e. The Morgan fingerprint density at radius 2 is 2.28 bits per heavy atom. The van der Waals surface area contributed by atoms with Crippen molar-refractivity contribution in [3.8, 4) is 0 Å². The second kappa shape index (κ2) is 6.38. The Bertz CT molecular complexity index is 383. The Morgan fingerprint density at radius 3 is 3.00 bits per heavy atom. The summed E-state index contributed by atoms with van der Waals surface area (Å²) in [5, 5.41) is 0. The van der Waals surface area contributed by atoms with Crippen LogP contribution in [0.25, 0.3) is 0 Å². The topological polar surface area (TPSA) is 32.3 Å². The van der Waals surface area contributed by atoms with Crippen LogP contribution in [-0.4, -0.2) is 47.7 Å². The van der Waals surface area contributed by atoms with Crippen LogP contribution in [0.5, 0.6) is 0 Å². The van der Waals surface area contributed by atoms with Crippen LogP contribution in [0.1, 0.15) is 18.5 Å². The first-order valence-corrected chi connectivity index (χ1v) is 7.64. The molecule has 1 aromatic rings. The predicted molar refractivity (Wildman–Crippen MR) is 77.9 cm³/mol. The number of nitrogens with zero attached hydrogens (tertiary/aromatic N) is 4. The summed E-state index contributed by atoms with van der Waals surface area (Å²) in [7, 11) is 4.03. The lowest BCUT2D eigenvalue weighted by molar-refractivity contribution is 0.283. The summed E-state index contributed by atoms with van der Waals surface area (Å²) in [5.41, 5.74) is 1.17. The van der Waals surface area contributed by atoms with Crippen molar-refractivity contribution in [3.05, 3.63) is 18.1 Å². The molecule has 4 nitrogen and oxygen atoms in total. The molecule has 0 bridgehead atoms. The summed E-state index contributed by atoms with van der Waals surface area (Å²) in [4.78, 5) is 10.7. The zero-order valence-corrected chi connectivity index (χ0v) is 12.3. The maximum atomic E-state index is 4.40. The summed E-state index contributed by atoms with van der Waals surface area (Å²) in [5.74, 6) is 1.73. The van der Waals surface area contributed by atoms with Gasteiger partial charge in [0.1, 0.15) is 12.1 Å². The van der Waals surface area contributed by atoms with Crippen LogP contribution in [0, 0.1) is 5.92 Å². The van der Waals surface area contributed by atoms with Crippen molar-refractivity contribution in [2.75, 3.05) is 38.3 Å². The molecule has 18 heavy (non-hydrogen) atoms. The van der Waals surface area contributed by atoms with Gasteiger partial charge in [-0.25, -0.2) is 9.97 Å². The highest BCUT2D eigenvalue weighted by atomic mass is 32.2. The normalized spacial score (nSPS) is 20.9. The van der Waals surface area contributed by atoms with Crippen LogP contribution in [0.15, 0.2) is 12.4 Å². The fourth-order valence-electron chi connectivity index (χ4n) is 2.40. The molecule has 0 spiro atoms. The van der Waals surface area contributed by atoms with E-state index in [2.05, 4.69) is 26.6 Å². The standard InChI is InChI=1S/C13H22N4S/c1-16(2)13-8-12(14-10-15-13)7-11-5-4-6-17(9-11)18-3/h8,10-11H,4-7,9H2,1-3H3. The van der Waals surface area contributed by atoms with E-state index in [4.69, 9.17) is 0 Å². The van der Waals surface area contributed by atoms with E-state index in [-0.39, 0.29) is 0 Å². The van der Waals surface area contributed by atoms with Crippen LogP contribution in [0.3, 0.4) is 0 Å². The molecule has 1 aliphatic heterocycles. The average molecular weight is 266 g/mol. The van der Waals surface area contributed by atoms with Gasteiger partial charge in [-0.15, -0.1) is 0 Å². The van der Waals surface area contributed by atoms with E-state index in [1.165, 1.54) is 31.6 Å². The Kier molecular flexibility index (Phi) is 4.83. The maximum Gasteiger partial charge on any atom is 0.131 e. The molecule has 5 heteroatoms. The van der Waals surface area contributed by atoms with Gasteiger partial charge in [0.05, 0.1) is 0 Å². The van der Waals surface area contributed by atoms with Gasteiger partial charge in [0, 0.05) is 38.9 Å². The Morgan fingerprint density at radius 1 is 1.44 bits per heavy atom. The number of hydrogen-bond acceptors (Lipinski definition) is 5. The van der Waals surface area contributed by atoms with E-state index in [0.29, 0.717) is 0 Å². The van der Waals surface area contributed by atoms with Crippen LogP contribution in [0.4, 0.5) is 5.82 Å². The van der Waals surface area contributed by atoms with Gasteiger partial charge < -0.3 is 4.90 Å². The van der Waals surface area contributed by atoms with E-state index in [1.54, 1.807) is 6.33 Å². The molecule has 1 fully saturated rings. The molecular formula is C13H22N4S. The number of hydrogen-bond donors (Lipinski definition) is 0. The van der Waals surface area contributed by atoms with Crippen LogP contribution >= 0.6 is 11.9 Å². The van der Waals surface area contributed by atoms with Crippen molar-refractivity contribution in [1.29, 1.82) is 0 Å². The fraction of sp³-hybridized carbons (Fsp3) is 0.692. The third-order valence-corrected chi connectivity index (χ3v) is 4.25. The first kappa shape index (κ1) is 13.6. The molecular weight excluding hydrogens is 244 g/mol. The molecule has 0 amide bonds. The molecule has 100 valence electrons.